The fraction of sp³-hybridized carbons (Fsp3) is 0.267. The van der Waals surface area contributed by atoms with Gasteiger partial charge in [-0.3, -0.25) is 4.79 Å². The summed E-state index contributed by atoms with van der Waals surface area (Å²) in [5.74, 6) is 0.589. The molecule has 0 unspecified atom stereocenters. The van der Waals surface area contributed by atoms with Crippen molar-refractivity contribution in [2.75, 3.05) is 0 Å². The molecule has 4 nitrogen and oxygen atoms in total. The fourth-order valence-electron chi connectivity index (χ4n) is 2.36. The molecule has 1 aromatic carbocycles. The van der Waals surface area contributed by atoms with Gasteiger partial charge in [-0.15, -0.1) is 0 Å². The first-order valence-electron chi connectivity index (χ1n) is 6.09. The van der Waals surface area contributed by atoms with Gasteiger partial charge in [-0.2, -0.15) is 0 Å². The molecular formula is C15H14O4. The Morgan fingerprint density at radius 1 is 1.32 bits per heavy atom. The minimum atomic E-state index is -0.621. The van der Waals surface area contributed by atoms with Crippen LogP contribution in [0.15, 0.2) is 45.5 Å². The van der Waals surface area contributed by atoms with Crippen LogP contribution < -0.4 is 10.2 Å². The lowest BCUT2D eigenvalue weighted by atomic mass is 9.88. The van der Waals surface area contributed by atoms with Crippen LogP contribution in [-0.2, 0) is 6.42 Å². The van der Waals surface area contributed by atoms with Crippen LogP contribution in [-0.4, -0.2) is 10.7 Å². The lowest BCUT2D eigenvalue weighted by Gasteiger charge is -2.34. The van der Waals surface area contributed by atoms with Crippen molar-refractivity contribution in [2.45, 2.75) is 25.9 Å². The molecule has 0 spiro atoms. The first-order chi connectivity index (χ1) is 9.03. The SMILES string of the molecule is CC1(C)Oc2c(ccc3c(=O)ccoc23)C/C1=C/O. The molecule has 0 saturated heterocycles. The standard InChI is InChI=1S/C15H14O4/c1-15(2)10(8-16)7-9-3-4-11-12(17)5-6-18-14(11)13(9)19-15/h3-6,8,16H,7H2,1-2H3/b10-8-. The summed E-state index contributed by atoms with van der Waals surface area (Å²) in [6.45, 7) is 3.75. The van der Waals surface area contributed by atoms with E-state index in [0.29, 0.717) is 23.1 Å². The predicted molar refractivity (Wildman–Crippen MR) is 71.6 cm³/mol. The van der Waals surface area contributed by atoms with E-state index in [4.69, 9.17) is 9.15 Å². The molecule has 0 radical (unpaired) electrons. The Morgan fingerprint density at radius 2 is 2.11 bits per heavy atom. The lowest BCUT2D eigenvalue weighted by Crippen LogP contribution is -2.35. The molecule has 1 aliphatic rings. The molecular weight excluding hydrogens is 244 g/mol. The zero-order valence-electron chi connectivity index (χ0n) is 10.8. The minimum Gasteiger partial charge on any atom is -0.515 e. The molecule has 2 heterocycles. The Morgan fingerprint density at radius 3 is 2.84 bits per heavy atom. The number of ether oxygens (including phenoxy) is 1. The highest BCUT2D eigenvalue weighted by Crippen LogP contribution is 2.40. The maximum Gasteiger partial charge on any atom is 0.192 e. The fourth-order valence-corrected chi connectivity index (χ4v) is 2.36. The van der Waals surface area contributed by atoms with Gasteiger partial charge in [0.25, 0.3) is 0 Å². The van der Waals surface area contributed by atoms with Crippen LogP contribution in [0.3, 0.4) is 0 Å². The van der Waals surface area contributed by atoms with Gasteiger partial charge in [-0.1, -0.05) is 6.07 Å². The summed E-state index contributed by atoms with van der Waals surface area (Å²) in [4.78, 5) is 11.8. The molecule has 0 fully saturated rings. The van der Waals surface area contributed by atoms with Gasteiger partial charge in [-0.05, 0) is 19.9 Å². The molecule has 2 aromatic rings. The average Bonchev–Trinajstić information content (AvgIpc) is 2.37. The summed E-state index contributed by atoms with van der Waals surface area (Å²) < 4.78 is 11.4. The first-order valence-corrected chi connectivity index (χ1v) is 6.09. The number of aliphatic hydroxyl groups excluding tert-OH is 1. The zero-order chi connectivity index (χ0) is 13.6. The highest BCUT2D eigenvalue weighted by atomic mass is 16.5. The summed E-state index contributed by atoms with van der Waals surface area (Å²) in [7, 11) is 0. The van der Waals surface area contributed by atoms with Crippen molar-refractivity contribution in [3.05, 3.63) is 52.1 Å². The van der Waals surface area contributed by atoms with E-state index in [1.807, 2.05) is 19.9 Å². The topological polar surface area (TPSA) is 59.7 Å². The van der Waals surface area contributed by atoms with Crippen molar-refractivity contribution >= 4 is 11.0 Å². The Balaban J connectivity index is 2.30. The molecule has 0 amide bonds. The second-order valence-corrected chi connectivity index (χ2v) is 5.16. The molecule has 98 valence electrons. The van der Waals surface area contributed by atoms with Crippen LogP contribution in [0.4, 0.5) is 0 Å². The second-order valence-electron chi connectivity index (χ2n) is 5.16. The number of aliphatic hydroxyl groups is 1. The van der Waals surface area contributed by atoms with Gasteiger partial charge in [0.05, 0.1) is 17.9 Å². The van der Waals surface area contributed by atoms with E-state index in [9.17, 15) is 9.90 Å². The number of rotatable bonds is 0. The van der Waals surface area contributed by atoms with E-state index in [2.05, 4.69) is 0 Å². The normalized spacial score (nSPS) is 19.2. The van der Waals surface area contributed by atoms with Gasteiger partial charge < -0.3 is 14.3 Å². The number of fused-ring (bicyclic) bond motifs is 3. The second kappa shape index (κ2) is 3.88. The highest BCUT2D eigenvalue weighted by Gasteiger charge is 2.33. The van der Waals surface area contributed by atoms with Crippen LogP contribution in [0.1, 0.15) is 19.4 Å². The van der Waals surface area contributed by atoms with Crippen LogP contribution in [0.2, 0.25) is 0 Å². The van der Waals surface area contributed by atoms with Gasteiger partial charge in [0.1, 0.15) is 5.60 Å². The Labute approximate surface area is 109 Å². The summed E-state index contributed by atoms with van der Waals surface area (Å²) >= 11 is 0. The van der Waals surface area contributed by atoms with Gasteiger partial charge >= 0.3 is 0 Å². The van der Waals surface area contributed by atoms with Gasteiger partial charge in [-0.25, -0.2) is 0 Å². The third-order valence-electron chi connectivity index (χ3n) is 3.53. The smallest absolute Gasteiger partial charge is 0.192 e. The third-order valence-corrected chi connectivity index (χ3v) is 3.53. The molecule has 4 heteroatoms. The summed E-state index contributed by atoms with van der Waals surface area (Å²) in [6.07, 6.45) is 3.04. The van der Waals surface area contributed by atoms with Crippen molar-refractivity contribution < 1.29 is 14.3 Å². The maximum atomic E-state index is 11.8. The quantitative estimate of drug-likeness (QED) is 0.738. The monoisotopic (exact) mass is 258 g/mol. The molecule has 3 rings (SSSR count). The molecule has 1 N–H and O–H groups in total. The number of benzene rings is 1. The van der Waals surface area contributed by atoms with Crippen LogP contribution in [0.25, 0.3) is 11.0 Å². The van der Waals surface area contributed by atoms with Crippen molar-refractivity contribution in [3.63, 3.8) is 0 Å². The summed E-state index contributed by atoms with van der Waals surface area (Å²) in [6, 6.07) is 4.96. The summed E-state index contributed by atoms with van der Waals surface area (Å²) in [5.41, 5.74) is 1.45. The van der Waals surface area contributed by atoms with E-state index in [0.717, 1.165) is 17.4 Å². The van der Waals surface area contributed by atoms with E-state index < -0.39 is 5.60 Å². The van der Waals surface area contributed by atoms with Crippen molar-refractivity contribution in [3.8, 4) is 5.75 Å². The van der Waals surface area contributed by atoms with Crippen molar-refractivity contribution in [1.29, 1.82) is 0 Å². The van der Waals surface area contributed by atoms with Gasteiger partial charge in [0.2, 0.25) is 0 Å². The molecule has 0 atom stereocenters. The Bertz CT molecular complexity index is 737. The van der Waals surface area contributed by atoms with Crippen LogP contribution >= 0.6 is 0 Å². The highest BCUT2D eigenvalue weighted by molar-refractivity contribution is 5.84. The van der Waals surface area contributed by atoms with Crippen LogP contribution in [0.5, 0.6) is 5.75 Å². The van der Waals surface area contributed by atoms with Gasteiger partial charge in [0, 0.05) is 23.6 Å². The number of hydrogen-bond acceptors (Lipinski definition) is 4. The van der Waals surface area contributed by atoms with Crippen molar-refractivity contribution in [2.24, 2.45) is 0 Å². The molecule has 0 aliphatic carbocycles. The molecule has 1 aliphatic heterocycles. The largest absolute Gasteiger partial charge is 0.515 e. The molecule has 0 bridgehead atoms. The van der Waals surface area contributed by atoms with E-state index in [1.165, 1.54) is 12.3 Å². The maximum absolute atomic E-state index is 11.8. The van der Waals surface area contributed by atoms with Crippen molar-refractivity contribution in [1.82, 2.24) is 0 Å². The van der Waals surface area contributed by atoms with E-state index in [-0.39, 0.29) is 5.43 Å². The molecule has 19 heavy (non-hydrogen) atoms. The third kappa shape index (κ3) is 1.71. The number of hydrogen-bond donors (Lipinski definition) is 1. The first kappa shape index (κ1) is 11.8. The van der Waals surface area contributed by atoms with Gasteiger partial charge in [0.15, 0.2) is 16.8 Å². The minimum absolute atomic E-state index is 0.0889. The van der Waals surface area contributed by atoms with Crippen LogP contribution in [0, 0.1) is 0 Å². The Hall–Kier alpha value is -2.23. The van der Waals surface area contributed by atoms with E-state index in [1.54, 1.807) is 6.07 Å². The van der Waals surface area contributed by atoms with E-state index >= 15 is 0 Å². The lowest BCUT2D eigenvalue weighted by molar-refractivity contribution is 0.130. The predicted octanol–water partition coefficient (Wildman–Crippen LogP) is 2.95. The summed E-state index contributed by atoms with van der Waals surface area (Å²) in [5, 5.41) is 9.80. The molecule has 1 aromatic heterocycles. The molecule has 0 saturated carbocycles. The average molecular weight is 258 g/mol. The Kier molecular flexibility index (Phi) is 2.42. The zero-order valence-corrected chi connectivity index (χ0v) is 10.8.